The van der Waals surface area contributed by atoms with E-state index in [9.17, 15) is 9.90 Å². The van der Waals surface area contributed by atoms with E-state index in [0.29, 0.717) is 5.56 Å². The molecule has 1 aromatic heterocycles. The Morgan fingerprint density at radius 3 is 2.38 bits per heavy atom. The second-order valence-corrected chi connectivity index (χ2v) is 3.91. The molecule has 4 nitrogen and oxygen atoms in total. The number of aromatic hydroxyl groups is 1. The summed E-state index contributed by atoms with van der Waals surface area (Å²) in [5.74, 6) is -0.211. The number of aromatic amines is 2. The Hall–Kier alpha value is -1.88. The molecule has 0 saturated carbocycles. The molecule has 0 bridgehead atoms. The molecule has 0 aliphatic heterocycles. The van der Waals surface area contributed by atoms with Gasteiger partial charge in [0.2, 0.25) is 5.88 Å². The minimum Gasteiger partial charge on any atom is -0.494 e. The van der Waals surface area contributed by atoms with Gasteiger partial charge in [0.15, 0.2) is 4.77 Å². The molecule has 1 heterocycles. The summed E-state index contributed by atoms with van der Waals surface area (Å²) in [6.45, 7) is 1.95. The highest BCUT2D eigenvalue weighted by Crippen LogP contribution is 2.22. The zero-order valence-corrected chi connectivity index (χ0v) is 9.39. The second kappa shape index (κ2) is 3.94. The average Bonchev–Trinajstić information content (AvgIpc) is 2.19. The van der Waals surface area contributed by atoms with Crippen LogP contribution in [0.5, 0.6) is 5.88 Å². The predicted molar refractivity (Wildman–Crippen MR) is 64.1 cm³/mol. The lowest BCUT2D eigenvalue weighted by molar-refractivity contribution is 0.452. The van der Waals surface area contributed by atoms with Gasteiger partial charge < -0.3 is 10.1 Å². The summed E-state index contributed by atoms with van der Waals surface area (Å²) in [4.78, 5) is 16.6. The van der Waals surface area contributed by atoms with Gasteiger partial charge in [-0.05, 0) is 24.7 Å². The summed E-state index contributed by atoms with van der Waals surface area (Å²) >= 11 is 4.75. The number of aromatic nitrogens is 2. The molecule has 0 saturated heterocycles. The molecule has 2 aromatic rings. The molecule has 16 heavy (non-hydrogen) atoms. The number of hydrogen-bond acceptors (Lipinski definition) is 3. The zero-order chi connectivity index (χ0) is 11.7. The second-order valence-electron chi connectivity index (χ2n) is 3.50. The van der Waals surface area contributed by atoms with Gasteiger partial charge in [-0.3, -0.25) is 9.78 Å². The van der Waals surface area contributed by atoms with Crippen LogP contribution in [0.4, 0.5) is 0 Å². The Balaban J connectivity index is 2.69. The maximum Gasteiger partial charge on any atom is 0.263 e. The van der Waals surface area contributed by atoms with Gasteiger partial charge in [-0.15, -0.1) is 0 Å². The molecule has 0 amide bonds. The molecule has 0 fully saturated rings. The Labute approximate surface area is 96.6 Å². The standard InChI is InChI=1S/C11H10N2O2S/c1-6-2-4-7(5-3-6)8-9(14)12-11(16)13-10(8)15/h2-5H,1H3,(H3,12,13,14,15,16). The van der Waals surface area contributed by atoms with E-state index in [0.717, 1.165) is 5.56 Å². The highest BCUT2D eigenvalue weighted by molar-refractivity contribution is 7.71. The number of H-pyrrole nitrogens is 2. The SMILES string of the molecule is Cc1ccc(-c2c(O)[nH]c(=S)[nH]c2=O)cc1. The Morgan fingerprint density at radius 2 is 1.81 bits per heavy atom. The van der Waals surface area contributed by atoms with Crippen molar-refractivity contribution in [1.29, 1.82) is 0 Å². The molecule has 0 radical (unpaired) electrons. The average molecular weight is 234 g/mol. The smallest absolute Gasteiger partial charge is 0.263 e. The molecule has 5 heteroatoms. The minimum atomic E-state index is -0.398. The molecule has 0 aliphatic rings. The van der Waals surface area contributed by atoms with Crippen LogP contribution in [0.15, 0.2) is 29.1 Å². The summed E-state index contributed by atoms with van der Waals surface area (Å²) in [7, 11) is 0. The summed E-state index contributed by atoms with van der Waals surface area (Å²) in [6.07, 6.45) is 0. The molecule has 82 valence electrons. The van der Waals surface area contributed by atoms with Gasteiger partial charge >= 0.3 is 0 Å². The molecular weight excluding hydrogens is 224 g/mol. The van der Waals surface area contributed by atoms with Gasteiger partial charge in [0.1, 0.15) is 5.56 Å². The van der Waals surface area contributed by atoms with Gasteiger partial charge in [0.25, 0.3) is 5.56 Å². The lowest BCUT2D eigenvalue weighted by Gasteiger charge is -2.03. The fourth-order valence-electron chi connectivity index (χ4n) is 1.46. The number of aryl methyl sites for hydroxylation is 1. The summed E-state index contributed by atoms with van der Waals surface area (Å²) in [5.41, 5.74) is 1.54. The first-order valence-electron chi connectivity index (χ1n) is 4.70. The Kier molecular flexibility index (Phi) is 2.62. The van der Waals surface area contributed by atoms with E-state index < -0.39 is 5.56 Å². The predicted octanol–water partition coefficient (Wildman–Crippen LogP) is 2.11. The summed E-state index contributed by atoms with van der Waals surface area (Å²) < 4.78 is 0.110. The van der Waals surface area contributed by atoms with Gasteiger partial charge in [0, 0.05) is 0 Å². The molecular formula is C11H10N2O2S. The summed E-state index contributed by atoms with van der Waals surface area (Å²) in [6, 6.07) is 7.29. The van der Waals surface area contributed by atoms with Crippen molar-refractivity contribution in [2.75, 3.05) is 0 Å². The summed E-state index contributed by atoms with van der Waals surface area (Å²) in [5, 5.41) is 9.65. The van der Waals surface area contributed by atoms with E-state index in [2.05, 4.69) is 9.97 Å². The highest BCUT2D eigenvalue weighted by Gasteiger charge is 2.09. The van der Waals surface area contributed by atoms with Crippen molar-refractivity contribution in [3.63, 3.8) is 0 Å². The monoisotopic (exact) mass is 234 g/mol. The number of benzene rings is 1. The Morgan fingerprint density at radius 1 is 1.19 bits per heavy atom. The lowest BCUT2D eigenvalue weighted by Crippen LogP contribution is -2.10. The van der Waals surface area contributed by atoms with E-state index >= 15 is 0 Å². The third-order valence-corrected chi connectivity index (χ3v) is 2.47. The van der Waals surface area contributed by atoms with Crippen LogP contribution in [0.25, 0.3) is 11.1 Å². The van der Waals surface area contributed by atoms with Crippen molar-refractivity contribution in [3.8, 4) is 17.0 Å². The molecule has 0 atom stereocenters. The van der Waals surface area contributed by atoms with Crippen molar-refractivity contribution < 1.29 is 5.11 Å². The number of nitrogens with one attached hydrogen (secondary N) is 2. The first-order chi connectivity index (χ1) is 7.58. The van der Waals surface area contributed by atoms with Crippen molar-refractivity contribution >= 4 is 12.2 Å². The van der Waals surface area contributed by atoms with Crippen LogP contribution in [0.3, 0.4) is 0 Å². The van der Waals surface area contributed by atoms with Crippen LogP contribution < -0.4 is 5.56 Å². The van der Waals surface area contributed by atoms with Crippen LogP contribution in [0.2, 0.25) is 0 Å². The molecule has 1 aromatic carbocycles. The minimum absolute atomic E-state index is 0.110. The number of hydrogen-bond donors (Lipinski definition) is 3. The molecule has 0 spiro atoms. The fraction of sp³-hybridized carbons (Fsp3) is 0.0909. The van der Waals surface area contributed by atoms with E-state index in [4.69, 9.17) is 12.2 Å². The van der Waals surface area contributed by atoms with Crippen LogP contribution in [0, 0.1) is 11.7 Å². The molecule has 3 N–H and O–H groups in total. The number of rotatable bonds is 1. The molecule has 0 aliphatic carbocycles. The topological polar surface area (TPSA) is 68.9 Å². The third-order valence-electron chi connectivity index (χ3n) is 2.26. The van der Waals surface area contributed by atoms with Crippen molar-refractivity contribution in [2.45, 2.75) is 6.92 Å². The lowest BCUT2D eigenvalue weighted by atomic mass is 10.1. The molecule has 0 unspecified atom stereocenters. The van der Waals surface area contributed by atoms with Gasteiger partial charge in [-0.2, -0.15) is 0 Å². The first-order valence-corrected chi connectivity index (χ1v) is 5.11. The Bertz CT molecular complexity index is 626. The zero-order valence-electron chi connectivity index (χ0n) is 8.57. The normalized spacial score (nSPS) is 10.3. The molecule has 2 rings (SSSR count). The van der Waals surface area contributed by atoms with Crippen LogP contribution >= 0.6 is 12.2 Å². The van der Waals surface area contributed by atoms with Crippen molar-refractivity contribution in [2.24, 2.45) is 0 Å². The van der Waals surface area contributed by atoms with Gasteiger partial charge in [0.05, 0.1) is 0 Å². The van der Waals surface area contributed by atoms with Crippen molar-refractivity contribution in [3.05, 3.63) is 45.0 Å². The van der Waals surface area contributed by atoms with E-state index in [1.807, 2.05) is 19.1 Å². The van der Waals surface area contributed by atoms with Crippen LogP contribution in [-0.4, -0.2) is 15.1 Å². The van der Waals surface area contributed by atoms with Gasteiger partial charge in [-0.25, -0.2) is 0 Å². The largest absolute Gasteiger partial charge is 0.494 e. The third kappa shape index (κ3) is 1.90. The van der Waals surface area contributed by atoms with E-state index in [1.165, 1.54) is 0 Å². The maximum absolute atomic E-state index is 11.6. The van der Waals surface area contributed by atoms with E-state index in [1.54, 1.807) is 12.1 Å². The maximum atomic E-state index is 11.6. The highest BCUT2D eigenvalue weighted by atomic mass is 32.1. The first kappa shape index (κ1) is 10.6. The van der Waals surface area contributed by atoms with Crippen LogP contribution in [-0.2, 0) is 0 Å². The van der Waals surface area contributed by atoms with Gasteiger partial charge in [-0.1, -0.05) is 29.8 Å². The fourth-order valence-corrected chi connectivity index (χ4v) is 1.65. The quantitative estimate of drug-likeness (QED) is 0.662. The van der Waals surface area contributed by atoms with E-state index in [-0.39, 0.29) is 16.2 Å². The van der Waals surface area contributed by atoms with Crippen LogP contribution in [0.1, 0.15) is 5.56 Å². The van der Waals surface area contributed by atoms with Crippen molar-refractivity contribution in [1.82, 2.24) is 9.97 Å².